The summed E-state index contributed by atoms with van der Waals surface area (Å²) in [4.78, 5) is 0. The molecule has 1 aromatic carbocycles. The van der Waals surface area contributed by atoms with Crippen molar-refractivity contribution in [2.24, 2.45) is 5.73 Å². The van der Waals surface area contributed by atoms with Crippen molar-refractivity contribution in [2.75, 3.05) is 0 Å². The summed E-state index contributed by atoms with van der Waals surface area (Å²) in [5, 5.41) is 0. The third kappa shape index (κ3) is 2.85. The summed E-state index contributed by atoms with van der Waals surface area (Å²) in [5.74, 6) is 0. The molecule has 0 radical (unpaired) electrons. The summed E-state index contributed by atoms with van der Waals surface area (Å²) >= 11 is 16.8. The van der Waals surface area contributed by atoms with E-state index in [1.807, 2.05) is 25.1 Å². The molecule has 0 saturated heterocycles. The number of thiophene rings is 1. The Kier molecular flexibility index (Phi) is 4.16. The zero-order valence-corrected chi connectivity index (χ0v) is 12.9. The lowest BCUT2D eigenvalue weighted by molar-refractivity contribution is 0.875. The number of halogens is 3. The zero-order chi connectivity index (χ0) is 12.6. The lowest BCUT2D eigenvalue weighted by atomic mass is 10.0. The van der Waals surface area contributed by atoms with Gasteiger partial charge < -0.3 is 5.73 Å². The van der Waals surface area contributed by atoms with Gasteiger partial charge >= 0.3 is 0 Å². The third-order valence-corrected chi connectivity index (χ3v) is 4.97. The molecule has 0 amide bonds. The highest BCUT2D eigenvalue weighted by molar-refractivity contribution is 9.10. The lowest BCUT2D eigenvalue weighted by Gasteiger charge is -2.12. The molecule has 2 aromatic rings. The van der Waals surface area contributed by atoms with Crippen molar-refractivity contribution in [3.05, 3.63) is 54.1 Å². The normalized spacial score (nSPS) is 12.8. The molecule has 1 heterocycles. The molecule has 0 fully saturated rings. The van der Waals surface area contributed by atoms with Gasteiger partial charge in [0, 0.05) is 10.0 Å². The second kappa shape index (κ2) is 5.29. The Morgan fingerprint density at radius 2 is 2.00 bits per heavy atom. The van der Waals surface area contributed by atoms with Crippen LogP contribution in [0.1, 0.15) is 22.7 Å². The van der Waals surface area contributed by atoms with Gasteiger partial charge in [0.2, 0.25) is 0 Å². The second-order valence-corrected chi connectivity index (χ2v) is 6.91. The van der Waals surface area contributed by atoms with Crippen LogP contribution in [0.25, 0.3) is 0 Å². The molecule has 1 unspecified atom stereocenters. The van der Waals surface area contributed by atoms with E-state index in [0.29, 0.717) is 8.67 Å². The van der Waals surface area contributed by atoms with Gasteiger partial charge in [-0.2, -0.15) is 0 Å². The topological polar surface area (TPSA) is 26.0 Å². The first-order valence-corrected chi connectivity index (χ1v) is 7.32. The van der Waals surface area contributed by atoms with Crippen LogP contribution in [0, 0.1) is 6.92 Å². The SMILES string of the molecule is Cc1cc(C(N)c2cc(Cl)sc2Cl)ccc1Br. The average molecular weight is 351 g/mol. The maximum atomic E-state index is 6.20. The Labute approximate surface area is 123 Å². The summed E-state index contributed by atoms with van der Waals surface area (Å²) in [6, 6.07) is 7.63. The molecule has 1 nitrogen and oxygen atoms in total. The van der Waals surface area contributed by atoms with E-state index in [-0.39, 0.29) is 6.04 Å². The largest absolute Gasteiger partial charge is 0.320 e. The van der Waals surface area contributed by atoms with Gasteiger partial charge in [-0.05, 0) is 30.2 Å². The van der Waals surface area contributed by atoms with Crippen molar-refractivity contribution in [1.82, 2.24) is 0 Å². The van der Waals surface area contributed by atoms with Crippen LogP contribution in [0.5, 0.6) is 0 Å². The first-order chi connectivity index (χ1) is 7.99. The molecule has 1 atom stereocenters. The van der Waals surface area contributed by atoms with Gasteiger partial charge in [0.15, 0.2) is 0 Å². The van der Waals surface area contributed by atoms with Crippen LogP contribution in [0.4, 0.5) is 0 Å². The highest BCUT2D eigenvalue weighted by atomic mass is 79.9. The van der Waals surface area contributed by atoms with Crippen LogP contribution in [0.2, 0.25) is 8.67 Å². The molecule has 0 aliphatic heterocycles. The van der Waals surface area contributed by atoms with Crippen LogP contribution in [0.15, 0.2) is 28.7 Å². The molecule has 90 valence electrons. The van der Waals surface area contributed by atoms with Gasteiger partial charge in [-0.15, -0.1) is 11.3 Å². The van der Waals surface area contributed by atoms with Gasteiger partial charge in [0.05, 0.1) is 14.7 Å². The quantitative estimate of drug-likeness (QED) is 0.793. The first kappa shape index (κ1) is 13.4. The predicted octanol–water partition coefficient (Wildman–Crippen LogP) is 5.17. The minimum atomic E-state index is -0.238. The van der Waals surface area contributed by atoms with E-state index in [0.717, 1.165) is 21.2 Å². The number of aryl methyl sites for hydroxylation is 1. The fraction of sp³-hybridized carbons (Fsp3) is 0.167. The van der Waals surface area contributed by atoms with E-state index < -0.39 is 0 Å². The van der Waals surface area contributed by atoms with Crippen LogP contribution in [-0.2, 0) is 0 Å². The van der Waals surface area contributed by atoms with Crippen molar-refractivity contribution in [1.29, 1.82) is 0 Å². The van der Waals surface area contributed by atoms with Gasteiger partial charge in [0.1, 0.15) is 0 Å². The third-order valence-electron chi connectivity index (χ3n) is 2.56. The number of rotatable bonds is 2. The molecular formula is C12H10BrCl2NS. The number of benzene rings is 1. The fourth-order valence-corrected chi connectivity index (χ4v) is 3.40. The van der Waals surface area contributed by atoms with Crippen molar-refractivity contribution >= 4 is 50.5 Å². The molecule has 1 aromatic heterocycles. The van der Waals surface area contributed by atoms with Gasteiger partial charge in [-0.3, -0.25) is 0 Å². The Morgan fingerprint density at radius 1 is 1.29 bits per heavy atom. The van der Waals surface area contributed by atoms with Crippen molar-refractivity contribution in [3.63, 3.8) is 0 Å². The minimum absolute atomic E-state index is 0.238. The molecule has 0 aliphatic rings. The lowest BCUT2D eigenvalue weighted by Crippen LogP contribution is -2.11. The Bertz CT molecular complexity index is 553. The van der Waals surface area contributed by atoms with E-state index >= 15 is 0 Å². The summed E-state index contributed by atoms with van der Waals surface area (Å²) in [6.07, 6.45) is 0. The van der Waals surface area contributed by atoms with Crippen molar-refractivity contribution in [2.45, 2.75) is 13.0 Å². The Morgan fingerprint density at radius 3 is 2.53 bits per heavy atom. The molecule has 5 heteroatoms. The van der Waals surface area contributed by atoms with Crippen LogP contribution >= 0.6 is 50.5 Å². The first-order valence-electron chi connectivity index (χ1n) is 4.95. The van der Waals surface area contributed by atoms with Gasteiger partial charge in [0.25, 0.3) is 0 Å². The monoisotopic (exact) mass is 349 g/mol. The van der Waals surface area contributed by atoms with E-state index in [4.69, 9.17) is 28.9 Å². The smallest absolute Gasteiger partial charge is 0.0995 e. The molecule has 2 N–H and O–H groups in total. The zero-order valence-electron chi connectivity index (χ0n) is 9.01. The van der Waals surface area contributed by atoms with E-state index in [2.05, 4.69) is 22.0 Å². The van der Waals surface area contributed by atoms with Crippen LogP contribution in [-0.4, -0.2) is 0 Å². The Hall–Kier alpha value is -0.0600. The van der Waals surface area contributed by atoms with Crippen LogP contribution < -0.4 is 5.73 Å². The fourth-order valence-electron chi connectivity index (χ4n) is 1.61. The summed E-state index contributed by atoms with van der Waals surface area (Å²) in [5.41, 5.74) is 9.25. The summed E-state index contributed by atoms with van der Waals surface area (Å²) < 4.78 is 2.39. The maximum absolute atomic E-state index is 6.20. The van der Waals surface area contributed by atoms with Crippen molar-refractivity contribution < 1.29 is 0 Å². The molecule has 0 bridgehead atoms. The number of nitrogens with two attached hydrogens (primary N) is 1. The average Bonchev–Trinajstić information content (AvgIpc) is 2.61. The van der Waals surface area contributed by atoms with E-state index in [9.17, 15) is 0 Å². The summed E-state index contributed by atoms with van der Waals surface area (Å²) in [7, 11) is 0. The Balaban J connectivity index is 2.40. The van der Waals surface area contributed by atoms with Gasteiger partial charge in [-0.25, -0.2) is 0 Å². The number of hydrogen-bond donors (Lipinski definition) is 1. The molecule has 2 rings (SSSR count). The standard InChI is InChI=1S/C12H10BrCl2NS/c1-6-4-7(2-3-9(6)13)11(16)8-5-10(14)17-12(8)15/h2-5,11H,16H2,1H3. The molecule has 0 spiro atoms. The highest BCUT2D eigenvalue weighted by Crippen LogP contribution is 2.36. The second-order valence-electron chi connectivity index (χ2n) is 3.77. The molecule has 0 saturated carbocycles. The van der Waals surface area contributed by atoms with Gasteiger partial charge in [-0.1, -0.05) is 51.3 Å². The molecule has 0 aliphatic carbocycles. The van der Waals surface area contributed by atoms with E-state index in [1.165, 1.54) is 11.3 Å². The van der Waals surface area contributed by atoms with E-state index in [1.54, 1.807) is 0 Å². The molecule has 17 heavy (non-hydrogen) atoms. The van der Waals surface area contributed by atoms with Crippen molar-refractivity contribution in [3.8, 4) is 0 Å². The maximum Gasteiger partial charge on any atom is 0.0995 e. The van der Waals surface area contributed by atoms with Crippen LogP contribution in [0.3, 0.4) is 0 Å². The predicted molar refractivity (Wildman–Crippen MR) is 79.2 cm³/mol. The molecular weight excluding hydrogens is 341 g/mol. The highest BCUT2D eigenvalue weighted by Gasteiger charge is 2.16. The summed E-state index contributed by atoms with van der Waals surface area (Å²) in [6.45, 7) is 2.03. The number of hydrogen-bond acceptors (Lipinski definition) is 2. The minimum Gasteiger partial charge on any atom is -0.320 e.